The lowest BCUT2D eigenvalue weighted by atomic mass is 10.1. The standard InChI is InChI=1S/C8H11NO4S/c1-14-3-2-5(8(12)13)9-6(10)4-7(9)11/h5H,2-4H2,1H3,(H,12,13). The van der Waals surface area contributed by atoms with E-state index in [2.05, 4.69) is 0 Å². The highest BCUT2D eigenvalue weighted by molar-refractivity contribution is 7.98. The molecule has 1 aliphatic heterocycles. The van der Waals surface area contributed by atoms with Crippen LogP contribution in [-0.2, 0) is 14.4 Å². The van der Waals surface area contributed by atoms with E-state index >= 15 is 0 Å². The SMILES string of the molecule is CSCCC(C(=O)O)N1C(=O)CC1=O. The summed E-state index contributed by atoms with van der Waals surface area (Å²) in [4.78, 5) is 33.6. The zero-order chi connectivity index (χ0) is 10.7. The van der Waals surface area contributed by atoms with Gasteiger partial charge in [0.15, 0.2) is 0 Å². The molecule has 1 N–H and O–H groups in total. The van der Waals surface area contributed by atoms with Gasteiger partial charge in [-0.1, -0.05) is 0 Å². The lowest BCUT2D eigenvalue weighted by Gasteiger charge is -2.33. The van der Waals surface area contributed by atoms with Crippen LogP contribution in [0.25, 0.3) is 0 Å². The smallest absolute Gasteiger partial charge is 0.326 e. The predicted octanol–water partition coefficient (Wildman–Crippen LogP) is -0.0484. The van der Waals surface area contributed by atoms with Crippen molar-refractivity contribution in [3.05, 3.63) is 0 Å². The van der Waals surface area contributed by atoms with Gasteiger partial charge in [-0.05, 0) is 18.4 Å². The monoisotopic (exact) mass is 217 g/mol. The van der Waals surface area contributed by atoms with E-state index in [1.54, 1.807) is 0 Å². The van der Waals surface area contributed by atoms with Crippen LogP contribution in [-0.4, -0.2) is 45.8 Å². The zero-order valence-electron chi connectivity index (χ0n) is 7.73. The molecule has 0 spiro atoms. The van der Waals surface area contributed by atoms with Crippen LogP contribution in [0.2, 0.25) is 0 Å². The van der Waals surface area contributed by atoms with Crippen molar-refractivity contribution in [1.29, 1.82) is 0 Å². The Hall–Kier alpha value is -1.04. The van der Waals surface area contributed by atoms with Gasteiger partial charge in [0, 0.05) is 0 Å². The number of thioether (sulfide) groups is 1. The molecule has 0 aromatic rings. The van der Waals surface area contributed by atoms with Gasteiger partial charge >= 0.3 is 5.97 Å². The summed E-state index contributed by atoms with van der Waals surface area (Å²) < 4.78 is 0. The van der Waals surface area contributed by atoms with E-state index in [0.717, 1.165) is 4.90 Å². The van der Waals surface area contributed by atoms with Crippen LogP contribution in [0, 0.1) is 0 Å². The second kappa shape index (κ2) is 4.45. The number of carbonyl (C=O) groups is 3. The average Bonchev–Trinajstić information content (AvgIpc) is 2.11. The molecule has 1 heterocycles. The molecule has 1 saturated heterocycles. The van der Waals surface area contributed by atoms with Crippen molar-refractivity contribution >= 4 is 29.5 Å². The maximum absolute atomic E-state index is 11.0. The molecule has 0 aromatic heterocycles. The first-order chi connectivity index (χ1) is 6.57. The van der Waals surface area contributed by atoms with Gasteiger partial charge in [0.2, 0.25) is 11.8 Å². The van der Waals surface area contributed by atoms with E-state index in [4.69, 9.17) is 5.11 Å². The third kappa shape index (κ3) is 2.06. The average molecular weight is 217 g/mol. The van der Waals surface area contributed by atoms with Crippen LogP contribution in [0.4, 0.5) is 0 Å². The minimum Gasteiger partial charge on any atom is -0.480 e. The van der Waals surface area contributed by atoms with Gasteiger partial charge in [-0.15, -0.1) is 0 Å². The molecule has 0 bridgehead atoms. The summed E-state index contributed by atoms with van der Waals surface area (Å²) in [7, 11) is 0. The number of imide groups is 1. The van der Waals surface area contributed by atoms with Crippen molar-refractivity contribution in [3.63, 3.8) is 0 Å². The number of nitrogens with zero attached hydrogens (tertiary/aromatic N) is 1. The quantitative estimate of drug-likeness (QED) is 0.516. The minimum absolute atomic E-state index is 0.150. The number of likely N-dealkylation sites (tertiary alicyclic amines) is 1. The van der Waals surface area contributed by atoms with Crippen LogP contribution < -0.4 is 0 Å². The minimum atomic E-state index is -1.11. The first-order valence-corrected chi connectivity index (χ1v) is 5.54. The lowest BCUT2D eigenvalue weighted by molar-refractivity contribution is -0.167. The lowest BCUT2D eigenvalue weighted by Crippen LogP contribution is -2.57. The summed E-state index contributed by atoms with van der Waals surface area (Å²) in [6.45, 7) is 0. The molecule has 6 heteroatoms. The Kier molecular flexibility index (Phi) is 3.51. The third-order valence-corrected chi connectivity index (χ3v) is 2.68. The number of β-lactam (4-membered cyclic amide) rings is 2. The fourth-order valence-corrected chi connectivity index (χ4v) is 1.75. The number of amides is 2. The zero-order valence-corrected chi connectivity index (χ0v) is 8.54. The topological polar surface area (TPSA) is 74.7 Å². The Morgan fingerprint density at radius 2 is 2.14 bits per heavy atom. The molecule has 1 atom stereocenters. The van der Waals surface area contributed by atoms with Crippen LogP contribution in [0.5, 0.6) is 0 Å². The van der Waals surface area contributed by atoms with Gasteiger partial charge in [0.1, 0.15) is 12.5 Å². The van der Waals surface area contributed by atoms with E-state index < -0.39 is 12.0 Å². The summed E-state index contributed by atoms with van der Waals surface area (Å²) in [5.74, 6) is -1.26. The maximum atomic E-state index is 11.0. The summed E-state index contributed by atoms with van der Waals surface area (Å²) in [5.41, 5.74) is 0. The normalized spacial score (nSPS) is 17.9. The summed E-state index contributed by atoms with van der Waals surface area (Å²) in [5, 5.41) is 8.82. The Morgan fingerprint density at radius 1 is 1.57 bits per heavy atom. The molecule has 0 radical (unpaired) electrons. The number of carboxylic acid groups (broad SMARTS) is 1. The summed E-state index contributed by atoms with van der Waals surface area (Å²) in [6, 6.07) is -0.976. The van der Waals surface area contributed by atoms with Crippen molar-refractivity contribution in [1.82, 2.24) is 4.90 Å². The molecule has 0 aromatic carbocycles. The van der Waals surface area contributed by atoms with Crippen LogP contribution in [0.1, 0.15) is 12.8 Å². The Balaban J connectivity index is 2.62. The first kappa shape index (κ1) is 11.0. The molecular weight excluding hydrogens is 206 g/mol. The van der Waals surface area contributed by atoms with Gasteiger partial charge in [0.25, 0.3) is 0 Å². The highest BCUT2D eigenvalue weighted by atomic mass is 32.2. The predicted molar refractivity (Wildman–Crippen MR) is 50.9 cm³/mol. The fraction of sp³-hybridized carbons (Fsp3) is 0.625. The molecule has 0 aliphatic carbocycles. The maximum Gasteiger partial charge on any atom is 0.326 e. The van der Waals surface area contributed by atoms with Gasteiger partial charge in [-0.2, -0.15) is 11.8 Å². The Morgan fingerprint density at radius 3 is 2.50 bits per heavy atom. The number of carboxylic acids is 1. The summed E-state index contributed by atoms with van der Waals surface area (Å²) in [6.07, 6.45) is 2.01. The third-order valence-electron chi connectivity index (χ3n) is 2.03. The molecule has 1 unspecified atom stereocenters. The number of rotatable bonds is 5. The Labute approximate surface area is 85.4 Å². The number of aliphatic carboxylic acids is 1. The highest BCUT2D eigenvalue weighted by Crippen LogP contribution is 2.19. The van der Waals surface area contributed by atoms with E-state index in [1.165, 1.54) is 11.8 Å². The van der Waals surface area contributed by atoms with Gasteiger partial charge in [0.05, 0.1) is 0 Å². The van der Waals surface area contributed by atoms with Crippen molar-refractivity contribution < 1.29 is 19.5 Å². The molecule has 78 valence electrons. The molecule has 1 fully saturated rings. The molecule has 1 rings (SSSR count). The second-order valence-corrected chi connectivity index (χ2v) is 3.96. The number of carbonyl (C=O) groups excluding carboxylic acids is 2. The van der Waals surface area contributed by atoms with E-state index in [-0.39, 0.29) is 18.2 Å². The summed E-state index contributed by atoms with van der Waals surface area (Å²) >= 11 is 1.49. The molecular formula is C8H11NO4S. The van der Waals surface area contributed by atoms with E-state index in [1.807, 2.05) is 6.26 Å². The van der Waals surface area contributed by atoms with E-state index in [9.17, 15) is 14.4 Å². The van der Waals surface area contributed by atoms with Crippen LogP contribution in [0.15, 0.2) is 0 Å². The molecule has 1 aliphatic rings. The largest absolute Gasteiger partial charge is 0.480 e. The number of hydrogen-bond acceptors (Lipinski definition) is 4. The van der Waals surface area contributed by atoms with Gasteiger partial charge in [-0.3, -0.25) is 14.5 Å². The van der Waals surface area contributed by atoms with Gasteiger partial charge < -0.3 is 5.11 Å². The van der Waals surface area contributed by atoms with Crippen molar-refractivity contribution in [2.45, 2.75) is 18.9 Å². The molecule has 2 amide bonds. The molecule has 5 nitrogen and oxygen atoms in total. The van der Waals surface area contributed by atoms with Crippen molar-refractivity contribution in [2.75, 3.05) is 12.0 Å². The fourth-order valence-electron chi connectivity index (χ4n) is 1.29. The number of hydrogen-bond donors (Lipinski definition) is 1. The Bertz CT molecular complexity index is 265. The molecule has 14 heavy (non-hydrogen) atoms. The van der Waals surface area contributed by atoms with Crippen LogP contribution >= 0.6 is 11.8 Å². The van der Waals surface area contributed by atoms with Crippen molar-refractivity contribution in [3.8, 4) is 0 Å². The van der Waals surface area contributed by atoms with E-state index in [0.29, 0.717) is 12.2 Å². The highest BCUT2D eigenvalue weighted by Gasteiger charge is 2.42. The molecule has 0 saturated carbocycles. The van der Waals surface area contributed by atoms with Gasteiger partial charge in [-0.25, -0.2) is 4.79 Å². The first-order valence-electron chi connectivity index (χ1n) is 4.14. The van der Waals surface area contributed by atoms with Crippen molar-refractivity contribution in [2.24, 2.45) is 0 Å². The van der Waals surface area contributed by atoms with Crippen LogP contribution in [0.3, 0.4) is 0 Å². The second-order valence-electron chi connectivity index (χ2n) is 2.97.